The van der Waals surface area contributed by atoms with Gasteiger partial charge in [-0.1, -0.05) is 20.3 Å². The first-order chi connectivity index (χ1) is 9.58. The van der Waals surface area contributed by atoms with Gasteiger partial charge in [0.25, 0.3) is 0 Å². The molecule has 5 nitrogen and oxygen atoms in total. The minimum absolute atomic E-state index is 0. The zero-order chi connectivity index (χ0) is 14.5. The Balaban J connectivity index is 0.00000220. The van der Waals surface area contributed by atoms with Crippen LogP contribution >= 0.6 is 12.4 Å². The third kappa shape index (κ3) is 5.15. The zero-order valence-electron chi connectivity index (χ0n) is 13.1. The molecule has 0 aromatic rings. The summed E-state index contributed by atoms with van der Waals surface area (Å²) in [5.41, 5.74) is 0. The Labute approximate surface area is 133 Å². The first-order valence-electron chi connectivity index (χ1n) is 7.90. The molecular formula is C15H28ClN3O2. The molecule has 0 unspecified atom stereocenters. The van der Waals surface area contributed by atoms with Gasteiger partial charge in [0, 0.05) is 25.0 Å². The van der Waals surface area contributed by atoms with E-state index in [-0.39, 0.29) is 42.2 Å². The smallest absolute Gasteiger partial charge is 0.239 e. The third-order valence-corrected chi connectivity index (χ3v) is 4.29. The van der Waals surface area contributed by atoms with Crippen molar-refractivity contribution in [2.45, 2.75) is 58.0 Å². The van der Waals surface area contributed by atoms with Gasteiger partial charge in [-0.25, -0.2) is 0 Å². The van der Waals surface area contributed by atoms with Crippen LogP contribution in [0.4, 0.5) is 0 Å². The lowest BCUT2D eigenvalue weighted by Gasteiger charge is -2.35. The maximum atomic E-state index is 12.4. The summed E-state index contributed by atoms with van der Waals surface area (Å²) in [5, 5.41) is 6.38. The summed E-state index contributed by atoms with van der Waals surface area (Å²) < 4.78 is 0. The Morgan fingerprint density at radius 1 is 1.14 bits per heavy atom. The summed E-state index contributed by atoms with van der Waals surface area (Å²) >= 11 is 0. The van der Waals surface area contributed by atoms with Crippen molar-refractivity contribution in [3.8, 4) is 0 Å². The highest BCUT2D eigenvalue weighted by Crippen LogP contribution is 2.15. The molecule has 21 heavy (non-hydrogen) atoms. The SMILES string of the molecule is CC(C)C(=O)NC1CCN(C(=O)[C@H]2CCCCN2)CC1.Cl. The molecule has 0 aromatic heterocycles. The van der Waals surface area contributed by atoms with Gasteiger partial charge in [0.05, 0.1) is 6.04 Å². The predicted molar refractivity (Wildman–Crippen MR) is 85.5 cm³/mol. The predicted octanol–water partition coefficient (Wildman–Crippen LogP) is 1.31. The van der Waals surface area contributed by atoms with E-state index in [1.54, 1.807) is 0 Å². The van der Waals surface area contributed by atoms with E-state index in [0.717, 1.165) is 45.3 Å². The van der Waals surface area contributed by atoms with E-state index in [1.807, 2.05) is 18.7 Å². The van der Waals surface area contributed by atoms with Gasteiger partial charge < -0.3 is 15.5 Å². The van der Waals surface area contributed by atoms with Crippen LogP contribution in [0.1, 0.15) is 46.0 Å². The maximum absolute atomic E-state index is 12.4. The van der Waals surface area contributed by atoms with Gasteiger partial charge in [0.2, 0.25) is 11.8 Å². The van der Waals surface area contributed by atoms with Gasteiger partial charge in [-0.15, -0.1) is 12.4 Å². The molecule has 0 radical (unpaired) electrons. The molecule has 2 amide bonds. The molecule has 2 heterocycles. The molecule has 2 fully saturated rings. The standard InChI is InChI=1S/C15H27N3O2.ClH/c1-11(2)14(19)17-12-6-9-18(10-7-12)15(20)13-5-3-4-8-16-13;/h11-13,16H,3-10H2,1-2H3,(H,17,19);1H/t13-;/m1./s1. The van der Waals surface area contributed by atoms with Gasteiger partial charge in [0.15, 0.2) is 0 Å². The van der Waals surface area contributed by atoms with Crippen molar-refractivity contribution in [1.29, 1.82) is 0 Å². The van der Waals surface area contributed by atoms with E-state index in [0.29, 0.717) is 0 Å². The molecule has 2 aliphatic rings. The average Bonchev–Trinajstić information content (AvgIpc) is 2.48. The van der Waals surface area contributed by atoms with Crippen LogP contribution in [0.2, 0.25) is 0 Å². The summed E-state index contributed by atoms with van der Waals surface area (Å²) in [6, 6.07) is 0.249. The number of hydrogen-bond acceptors (Lipinski definition) is 3. The fourth-order valence-corrected chi connectivity index (χ4v) is 2.90. The molecule has 0 aromatic carbocycles. The van der Waals surface area contributed by atoms with E-state index in [4.69, 9.17) is 0 Å². The van der Waals surface area contributed by atoms with Crippen LogP contribution < -0.4 is 10.6 Å². The number of hydrogen-bond donors (Lipinski definition) is 2. The largest absolute Gasteiger partial charge is 0.353 e. The van der Waals surface area contributed by atoms with Gasteiger partial charge >= 0.3 is 0 Å². The summed E-state index contributed by atoms with van der Waals surface area (Å²) in [4.78, 5) is 26.0. The van der Waals surface area contributed by atoms with E-state index in [2.05, 4.69) is 10.6 Å². The van der Waals surface area contributed by atoms with E-state index in [1.165, 1.54) is 6.42 Å². The zero-order valence-corrected chi connectivity index (χ0v) is 13.9. The van der Waals surface area contributed by atoms with Crippen molar-refractivity contribution in [1.82, 2.24) is 15.5 Å². The van der Waals surface area contributed by atoms with Gasteiger partial charge in [0.1, 0.15) is 0 Å². The molecule has 2 aliphatic heterocycles. The number of rotatable bonds is 3. The lowest BCUT2D eigenvalue weighted by molar-refractivity contribution is -0.135. The van der Waals surface area contributed by atoms with Gasteiger partial charge in [-0.2, -0.15) is 0 Å². The van der Waals surface area contributed by atoms with Crippen LogP contribution in [0.25, 0.3) is 0 Å². The number of nitrogens with one attached hydrogen (secondary N) is 2. The van der Waals surface area contributed by atoms with Gasteiger partial charge in [-0.05, 0) is 32.2 Å². The van der Waals surface area contributed by atoms with Crippen molar-refractivity contribution in [2.24, 2.45) is 5.92 Å². The van der Waals surface area contributed by atoms with Crippen molar-refractivity contribution in [3.05, 3.63) is 0 Å². The Bertz CT molecular complexity index is 349. The molecule has 2 N–H and O–H groups in total. The maximum Gasteiger partial charge on any atom is 0.239 e. The number of likely N-dealkylation sites (tertiary alicyclic amines) is 1. The second kappa shape index (κ2) is 8.59. The number of carbonyl (C=O) groups excluding carboxylic acids is 2. The second-order valence-corrected chi connectivity index (χ2v) is 6.27. The minimum Gasteiger partial charge on any atom is -0.353 e. The molecule has 1 atom stereocenters. The number of nitrogens with zero attached hydrogens (tertiary/aromatic N) is 1. The quantitative estimate of drug-likeness (QED) is 0.825. The molecule has 0 saturated carbocycles. The van der Waals surface area contributed by atoms with Crippen molar-refractivity contribution in [2.75, 3.05) is 19.6 Å². The van der Waals surface area contributed by atoms with E-state index in [9.17, 15) is 9.59 Å². The van der Waals surface area contributed by atoms with Gasteiger partial charge in [-0.3, -0.25) is 9.59 Å². The number of carbonyl (C=O) groups is 2. The third-order valence-electron chi connectivity index (χ3n) is 4.29. The molecule has 2 saturated heterocycles. The summed E-state index contributed by atoms with van der Waals surface area (Å²) in [6.07, 6.45) is 5.02. The van der Waals surface area contributed by atoms with E-state index < -0.39 is 0 Å². The Morgan fingerprint density at radius 2 is 1.81 bits per heavy atom. The van der Waals surface area contributed by atoms with Crippen LogP contribution in [0, 0.1) is 5.92 Å². The highest BCUT2D eigenvalue weighted by molar-refractivity contribution is 5.85. The molecule has 2 rings (SSSR count). The number of halogens is 1. The molecule has 122 valence electrons. The Kier molecular flexibility index (Phi) is 7.46. The first-order valence-corrected chi connectivity index (χ1v) is 7.90. The molecular weight excluding hydrogens is 290 g/mol. The second-order valence-electron chi connectivity index (χ2n) is 6.27. The topological polar surface area (TPSA) is 61.4 Å². The van der Waals surface area contributed by atoms with Crippen molar-refractivity contribution >= 4 is 24.2 Å². The molecule has 0 aliphatic carbocycles. The molecule has 6 heteroatoms. The number of amides is 2. The van der Waals surface area contributed by atoms with Crippen LogP contribution in [0.15, 0.2) is 0 Å². The lowest BCUT2D eigenvalue weighted by Crippen LogP contribution is -2.53. The summed E-state index contributed by atoms with van der Waals surface area (Å²) in [6.45, 7) is 6.29. The minimum atomic E-state index is 0. The summed E-state index contributed by atoms with van der Waals surface area (Å²) in [5.74, 6) is 0.392. The molecule has 0 bridgehead atoms. The Morgan fingerprint density at radius 3 is 2.33 bits per heavy atom. The fourth-order valence-electron chi connectivity index (χ4n) is 2.90. The highest BCUT2D eigenvalue weighted by atomic mass is 35.5. The van der Waals surface area contributed by atoms with Crippen molar-refractivity contribution in [3.63, 3.8) is 0 Å². The van der Waals surface area contributed by atoms with Crippen molar-refractivity contribution < 1.29 is 9.59 Å². The van der Waals surface area contributed by atoms with Crippen LogP contribution in [-0.2, 0) is 9.59 Å². The highest BCUT2D eigenvalue weighted by Gasteiger charge is 2.29. The average molecular weight is 318 g/mol. The van der Waals surface area contributed by atoms with Crippen LogP contribution in [0.3, 0.4) is 0 Å². The monoisotopic (exact) mass is 317 g/mol. The lowest BCUT2D eigenvalue weighted by atomic mass is 10.00. The summed E-state index contributed by atoms with van der Waals surface area (Å²) in [7, 11) is 0. The molecule has 0 spiro atoms. The number of piperidine rings is 2. The van der Waals surface area contributed by atoms with Crippen LogP contribution in [-0.4, -0.2) is 48.4 Å². The normalized spacial score (nSPS) is 23.6. The fraction of sp³-hybridized carbons (Fsp3) is 0.867. The Hall–Kier alpha value is -0.810. The van der Waals surface area contributed by atoms with E-state index >= 15 is 0 Å². The first kappa shape index (κ1) is 18.2. The van der Waals surface area contributed by atoms with Crippen LogP contribution in [0.5, 0.6) is 0 Å².